The van der Waals surface area contributed by atoms with E-state index in [2.05, 4.69) is 0 Å². The highest BCUT2D eigenvalue weighted by Crippen LogP contribution is 2.17. The topological polar surface area (TPSA) is 57.6 Å². The van der Waals surface area contributed by atoms with E-state index < -0.39 is 12.6 Å². The maximum atomic E-state index is 12.1. The number of alkyl halides is 1. The molecule has 1 amide bonds. The van der Waals surface area contributed by atoms with Crippen LogP contribution < -0.4 is 0 Å². The predicted molar refractivity (Wildman–Crippen MR) is 38.3 cm³/mol. The average Bonchev–Trinajstić information content (AvgIpc) is 2.31. The van der Waals surface area contributed by atoms with Crippen LogP contribution in [0.3, 0.4) is 0 Å². The van der Waals surface area contributed by atoms with Crippen molar-refractivity contribution in [3.8, 4) is 0 Å². The van der Waals surface area contributed by atoms with E-state index in [1.165, 1.54) is 4.90 Å². The number of rotatable bonds is 3. The van der Waals surface area contributed by atoms with Gasteiger partial charge in [0.25, 0.3) is 0 Å². The van der Waals surface area contributed by atoms with Crippen LogP contribution in [-0.2, 0) is 9.59 Å². The van der Waals surface area contributed by atoms with Crippen LogP contribution in [0.25, 0.3) is 0 Å². The monoisotopic (exact) mass is 175 g/mol. The van der Waals surface area contributed by atoms with Crippen molar-refractivity contribution in [3.63, 3.8) is 0 Å². The van der Waals surface area contributed by atoms with Gasteiger partial charge in [-0.3, -0.25) is 14.0 Å². The van der Waals surface area contributed by atoms with Crippen LogP contribution in [0.4, 0.5) is 4.39 Å². The lowest BCUT2D eigenvalue weighted by molar-refractivity contribution is -0.142. The molecule has 0 unspecified atom stereocenters. The standard InChI is InChI=1S/C7H10FNO3/c8-2-5-1-6(10)9(3-5)4-7(11)12/h5H,1-4H2,(H,11,12)/t5-/m1/s1. The van der Waals surface area contributed by atoms with Gasteiger partial charge in [-0.15, -0.1) is 0 Å². The molecule has 0 aromatic heterocycles. The third-order valence-electron chi connectivity index (χ3n) is 1.84. The highest BCUT2D eigenvalue weighted by Gasteiger charge is 2.30. The van der Waals surface area contributed by atoms with Gasteiger partial charge < -0.3 is 10.0 Å². The van der Waals surface area contributed by atoms with E-state index in [1.807, 2.05) is 0 Å². The van der Waals surface area contributed by atoms with Crippen molar-refractivity contribution < 1.29 is 19.1 Å². The highest BCUT2D eigenvalue weighted by molar-refractivity contribution is 5.83. The molecule has 0 spiro atoms. The molecule has 1 N–H and O–H groups in total. The van der Waals surface area contributed by atoms with Gasteiger partial charge in [0, 0.05) is 18.9 Å². The zero-order valence-corrected chi connectivity index (χ0v) is 6.49. The second-order valence-corrected chi connectivity index (χ2v) is 2.89. The Morgan fingerprint density at radius 3 is 2.83 bits per heavy atom. The largest absolute Gasteiger partial charge is 0.480 e. The Balaban J connectivity index is 2.46. The molecule has 0 radical (unpaired) electrons. The summed E-state index contributed by atoms with van der Waals surface area (Å²) in [5.74, 6) is -1.63. The van der Waals surface area contributed by atoms with E-state index in [-0.39, 0.29) is 31.3 Å². The SMILES string of the molecule is O=C(O)CN1C[C@@H](CF)CC1=O. The van der Waals surface area contributed by atoms with Gasteiger partial charge in [0.15, 0.2) is 0 Å². The molecule has 1 heterocycles. The summed E-state index contributed by atoms with van der Waals surface area (Å²) in [4.78, 5) is 22.4. The summed E-state index contributed by atoms with van der Waals surface area (Å²) in [6.07, 6.45) is 0.143. The number of carbonyl (C=O) groups excluding carboxylic acids is 1. The Kier molecular flexibility index (Phi) is 2.62. The first-order valence-corrected chi connectivity index (χ1v) is 3.69. The first-order valence-electron chi connectivity index (χ1n) is 3.69. The lowest BCUT2D eigenvalue weighted by Crippen LogP contribution is -2.31. The molecule has 1 saturated heterocycles. The van der Waals surface area contributed by atoms with Gasteiger partial charge in [0.1, 0.15) is 6.54 Å². The zero-order valence-electron chi connectivity index (χ0n) is 6.49. The molecular weight excluding hydrogens is 165 g/mol. The van der Waals surface area contributed by atoms with Crippen LogP contribution in [0.2, 0.25) is 0 Å². The summed E-state index contributed by atoms with van der Waals surface area (Å²) >= 11 is 0. The average molecular weight is 175 g/mol. The summed E-state index contributed by atoms with van der Waals surface area (Å²) < 4.78 is 12.1. The Morgan fingerprint density at radius 1 is 1.75 bits per heavy atom. The van der Waals surface area contributed by atoms with Crippen molar-refractivity contribution in [1.82, 2.24) is 4.90 Å². The maximum absolute atomic E-state index is 12.1. The summed E-state index contributed by atoms with van der Waals surface area (Å²) in [5, 5.41) is 8.36. The van der Waals surface area contributed by atoms with Gasteiger partial charge >= 0.3 is 5.97 Å². The first-order chi connectivity index (χ1) is 5.63. The molecule has 68 valence electrons. The molecule has 0 saturated carbocycles. The molecule has 1 fully saturated rings. The fraction of sp³-hybridized carbons (Fsp3) is 0.714. The molecule has 0 aromatic rings. The molecule has 12 heavy (non-hydrogen) atoms. The van der Waals surface area contributed by atoms with Crippen LogP contribution in [0.15, 0.2) is 0 Å². The molecule has 0 bridgehead atoms. The number of carboxylic acid groups (broad SMARTS) is 1. The molecule has 1 rings (SSSR count). The van der Waals surface area contributed by atoms with Crippen LogP contribution in [0.5, 0.6) is 0 Å². The summed E-state index contributed by atoms with van der Waals surface area (Å²) in [6.45, 7) is -0.626. The molecule has 1 aliphatic rings. The van der Waals surface area contributed by atoms with Crippen LogP contribution in [0, 0.1) is 5.92 Å². The molecule has 5 heteroatoms. The number of likely N-dealkylation sites (tertiary alicyclic amines) is 1. The Labute approximate surface area is 69.0 Å². The van der Waals surface area contributed by atoms with E-state index in [4.69, 9.17) is 5.11 Å². The van der Waals surface area contributed by atoms with E-state index in [9.17, 15) is 14.0 Å². The molecular formula is C7H10FNO3. The Bertz CT molecular complexity index is 207. The molecule has 1 aliphatic heterocycles. The fourth-order valence-corrected chi connectivity index (χ4v) is 1.27. The van der Waals surface area contributed by atoms with Gasteiger partial charge in [-0.1, -0.05) is 0 Å². The normalized spacial score (nSPS) is 23.2. The second-order valence-electron chi connectivity index (χ2n) is 2.89. The molecule has 0 aliphatic carbocycles. The highest BCUT2D eigenvalue weighted by atomic mass is 19.1. The number of carbonyl (C=O) groups is 2. The number of aliphatic carboxylic acids is 1. The smallest absolute Gasteiger partial charge is 0.323 e. The Hall–Kier alpha value is -1.13. The van der Waals surface area contributed by atoms with Crippen molar-refractivity contribution in [1.29, 1.82) is 0 Å². The van der Waals surface area contributed by atoms with Gasteiger partial charge in [0.2, 0.25) is 5.91 Å². The number of carboxylic acids is 1. The van der Waals surface area contributed by atoms with Crippen molar-refractivity contribution in [2.75, 3.05) is 19.8 Å². The lowest BCUT2D eigenvalue weighted by Gasteiger charge is -2.12. The van der Waals surface area contributed by atoms with Crippen molar-refractivity contribution in [2.24, 2.45) is 5.92 Å². The third kappa shape index (κ3) is 1.93. The second kappa shape index (κ2) is 3.51. The van der Waals surface area contributed by atoms with Crippen LogP contribution in [-0.4, -0.2) is 41.6 Å². The van der Waals surface area contributed by atoms with Gasteiger partial charge in [0.05, 0.1) is 6.67 Å². The minimum atomic E-state index is -1.05. The quantitative estimate of drug-likeness (QED) is 0.651. The van der Waals surface area contributed by atoms with Gasteiger partial charge in [-0.25, -0.2) is 0 Å². The molecule has 0 aromatic carbocycles. The number of hydrogen-bond donors (Lipinski definition) is 1. The summed E-state index contributed by atoms with van der Waals surface area (Å²) in [5.41, 5.74) is 0. The first kappa shape index (κ1) is 8.96. The Morgan fingerprint density at radius 2 is 2.42 bits per heavy atom. The van der Waals surface area contributed by atoms with Crippen LogP contribution in [0.1, 0.15) is 6.42 Å². The summed E-state index contributed by atoms with van der Waals surface area (Å²) in [6, 6.07) is 0. The number of amides is 1. The summed E-state index contributed by atoms with van der Waals surface area (Å²) in [7, 11) is 0. The number of hydrogen-bond acceptors (Lipinski definition) is 2. The number of nitrogens with zero attached hydrogens (tertiary/aromatic N) is 1. The van der Waals surface area contributed by atoms with E-state index >= 15 is 0 Å². The predicted octanol–water partition coefficient (Wildman–Crippen LogP) is -0.111. The van der Waals surface area contributed by atoms with Gasteiger partial charge in [-0.2, -0.15) is 0 Å². The van der Waals surface area contributed by atoms with Crippen molar-refractivity contribution >= 4 is 11.9 Å². The van der Waals surface area contributed by atoms with E-state index in [1.54, 1.807) is 0 Å². The van der Waals surface area contributed by atoms with E-state index in [0.29, 0.717) is 0 Å². The van der Waals surface area contributed by atoms with Crippen LogP contribution >= 0.6 is 0 Å². The fourth-order valence-electron chi connectivity index (χ4n) is 1.27. The van der Waals surface area contributed by atoms with Gasteiger partial charge in [-0.05, 0) is 0 Å². The van der Waals surface area contributed by atoms with E-state index in [0.717, 1.165) is 0 Å². The molecule has 4 nitrogen and oxygen atoms in total. The lowest BCUT2D eigenvalue weighted by atomic mass is 10.1. The maximum Gasteiger partial charge on any atom is 0.323 e. The van der Waals surface area contributed by atoms with Crippen molar-refractivity contribution in [3.05, 3.63) is 0 Å². The third-order valence-corrected chi connectivity index (χ3v) is 1.84. The van der Waals surface area contributed by atoms with Crippen molar-refractivity contribution in [2.45, 2.75) is 6.42 Å². The molecule has 1 atom stereocenters. The minimum Gasteiger partial charge on any atom is -0.480 e. The zero-order chi connectivity index (χ0) is 9.14. The number of halogens is 1. The minimum absolute atomic E-state index is 0.143.